The lowest BCUT2D eigenvalue weighted by atomic mass is 9.89. The number of ether oxygens (including phenoxy) is 4. The minimum absolute atomic E-state index is 0.0311. The molecule has 1 unspecified atom stereocenters. The number of anilines is 1. The highest BCUT2D eigenvalue weighted by atomic mass is 32.2. The number of hydrogen-bond donors (Lipinski definition) is 1. The lowest BCUT2D eigenvalue weighted by molar-refractivity contribution is -0.120. The van der Waals surface area contributed by atoms with Crippen molar-refractivity contribution in [2.45, 2.75) is 36.8 Å². The Kier molecular flexibility index (Phi) is 7.73. The van der Waals surface area contributed by atoms with E-state index in [9.17, 15) is 13.2 Å². The Morgan fingerprint density at radius 1 is 0.974 bits per heavy atom. The maximum Gasteiger partial charge on any atom is 0.264 e. The number of para-hydroxylation sites is 1. The van der Waals surface area contributed by atoms with Gasteiger partial charge in [0.2, 0.25) is 5.91 Å². The number of sulfonamides is 1. The summed E-state index contributed by atoms with van der Waals surface area (Å²) in [5.41, 5.74) is 0.602. The molecule has 0 bridgehead atoms. The van der Waals surface area contributed by atoms with Crippen molar-refractivity contribution in [2.24, 2.45) is 0 Å². The summed E-state index contributed by atoms with van der Waals surface area (Å²) < 4.78 is 50.7. The summed E-state index contributed by atoms with van der Waals surface area (Å²) in [7, 11) is 0.332. The molecule has 1 atom stereocenters. The Labute approximate surface area is 223 Å². The van der Waals surface area contributed by atoms with Gasteiger partial charge in [0.15, 0.2) is 11.5 Å². The first-order chi connectivity index (χ1) is 18.1. The van der Waals surface area contributed by atoms with Gasteiger partial charge in [-0.1, -0.05) is 18.2 Å². The summed E-state index contributed by atoms with van der Waals surface area (Å²) in [4.78, 5) is 13.4. The summed E-state index contributed by atoms with van der Waals surface area (Å²) in [6.45, 7) is 3.45. The molecular weight excluding hydrogens is 508 g/mol. The molecule has 0 radical (unpaired) electrons. The number of fused-ring (bicyclic) bond motifs is 1. The summed E-state index contributed by atoms with van der Waals surface area (Å²) in [5, 5.41) is 3.02. The topological polar surface area (TPSA) is 103 Å². The largest absolute Gasteiger partial charge is 0.497 e. The number of carbonyl (C=O) groups excluding carboxylic acids is 1. The number of carbonyl (C=O) groups is 1. The highest BCUT2D eigenvalue weighted by Gasteiger charge is 2.36. The van der Waals surface area contributed by atoms with Gasteiger partial charge in [0, 0.05) is 24.1 Å². The van der Waals surface area contributed by atoms with Gasteiger partial charge >= 0.3 is 0 Å². The number of hydrogen-bond acceptors (Lipinski definition) is 7. The predicted molar refractivity (Wildman–Crippen MR) is 144 cm³/mol. The molecule has 1 aliphatic heterocycles. The van der Waals surface area contributed by atoms with Crippen molar-refractivity contribution in [3.63, 3.8) is 0 Å². The van der Waals surface area contributed by atoms with Crippen molar-refractivity contribution in [3.05, 3.63) is 72.3 Å². The molecule has 1 aliphatic rings. The van der Waals surface area contributed by atoms with Crippen molar-refractivity contribution in [2.75, 3.05) is 32.2 Å². The van der Waals surface area contributed by atoms with Gasteiger partial charge in [-0.2, -0.15) is 0 Å². The number of amides is 1. The normalized spacial score (nSPS) is 16.0. The van der Waals surface area contributed by atoms with Crippen LogP contribution in [0.15, 0.2) is 71.6 Å². The molecule has 10 heteroatoms. The van der Waals surface area contributed by atoms with E-state index in [0.717, 1.165) is 9.87 Å². The molecule has 0 spiro atoms. The van der Waals surface area contributed by atoms with E-state index in [1.807, 2.05) is 19.9 Å². The molecule has 1 amide bonds. The Morgan fingerprint density at radius 2 is 1.68 bits per heavy atom. The third-order valence-corrected chi connectivity index (χ3v) is 8.06. The van der Waals surface area contributed by atoms with Crippen LogP contribution in [0.25, 0.3) is 0 Å². The van der Waals surface area contributed by atoms with Gasteiger partial charge in [0.05, 0.1) is 38.0 Å². The van der Waals surface area contributed by atoms with Gasteiger partial charge < -0.3 is 24.3 Å². The molecule has 3 aromatic carbocycles. The second-order valence-electron chi connectivity index (χ2n) is 9.45. The van der Waals surface area contributed by atoms with Gasteiger partial charge in [-0.05, 0) is 50.2 Å². The molecule has 0 aromatic heterocycles. The van der Waals surface area contributed by atoms with Crippen LogP contribution in [-0.2, 0) is 14.8 Å². The molecule has 1 heterocycles. The van der Waals surface area contributed by atoms with E-state index in [0.29, 0.717) is 29.4 Å². The monoisotopic (exact) mass is 540 g/mol. The van der Waals surface area contributed by atoms with Gasteiger partial charge in [-0.15, -0.1) is 0 Å². The summed E-state index contributed by atoms with van der Waals surface area (Å²) in [6, 6.07) is 17.9. The van der Waals surface area contributed by atoms with E-state index in [-0.39, 0.29) is 16.7 Å². The zero-order valence-corrected chi connectivity index (χ0v) is 22.9. The number of nitrogens with one attached hydrogen (secondary N) is 1. The molecule has 1 N–H and O–H groups in total. The molecule has 0 saturated carbocycles. The standard InChI is InChI=1S/C28H32N2O7S/c1-28(2)17-23(22-13-11-20(34-3)15-25(22)37-28)29-27(31)18-30(19-9-7-6-8-10-19)38(32,33)21-12-14-24(35-4)26(16-21)36-5/h6-16,23H,17-18H2,1-5H3,(H,29,31). The van der Waals surface area contributed by atoms with E-state index in [4.69, 9.17) is 18.9 Å². The van der Waals surface area contributed by atoms with Gasteiger partial charge in [-0.25, -0.2) is 8.42 Å². The van der Waals surface area contributed by atoms with E-state index in [2.05, 4.69) is 5.32 Å². The van der Waals surface area contributed by atoms with Crippen molar-refractivity contribution in [1.29, 1.82) is 0 Å². The smallest absolute Gasteiger partial charge is 0.264 e. The highest BCUT2D eigenvalue weighted by Crippen LogP contribution is 2.41. The second-order valence-corrected chi connectivity index (χ2v) is 11.3. The fourth-order valence-electron chi connectivity index (χ4n) is 4.47. The molecular formula is C28H32N2O7S. The number of nitrogens with zero attached hydrogens (tertiary/aromatic N) is 1. The SMILES string of the molecule is COc1ccc2c(c1)OC(C)(C)CC2NC(=O)CN(c1ccccc1)S(=O)(=O)c1ccc(OC)c(OC)c1. The van der Waals surface area contributed by atoms with E-state index in [1.165, 1.54) is 32.4 Å². The zero-order valence-electron chi connectivity index (χ0n) is 22.1. The Morgan fingerprint density at radius 3 is 2.34 bits per heavy atom. The second kappa shape index (κ2) is 10.8. The fraction of sp³-hybridized carbons (Fsp3) is 0.321. The lowest BCUT2D eigenvalue weighted by Gasteiger charge is -2.38. The highest BCUT2D eigenvalue weighted by molar-refractivity contribution is 7.92. The van der Waals surface area contributed by atoms with Crippen LogP contribution in [-0.4, -0.2) is 47.8 Å². The third kappa shape index (κ3) is 5.65. The Bertz CT molecular complexity index is 1410. The average Bonchev–Trinajstić information content (AvgIpc) is 2.90. The van der Waals surface area contributed by atoms with Crippen LogP contribution in [0, 0.1) is 0 Å². The minimum Gasteiger partial charge on any atom is -0.497 e. The summed E-state index contributed by atoms with van der Waals surface area (Å²) >= 11 is 0. The van der Waals surface area contributed by atoms with Crippen LogP contribution in [0.3, 0.4) is 0 Å². The first-order valence-corrected chi connectivity index (χ1v) is 13.5. The predicted octanol–water partition coefficient (Wildman–Crippen LogP) is 4.33. The van der Waals surface area contributed by atoms with Crippen LogP contribution < -0.4 is 28.6 Å². The van der Waals surface area contributed by atoms with E-state index < -0.39 is 28.1 Å². The van der Waals surface area contributed by atoms with Crippen LogP contribution in [0.2, 0.25) is 0 Å². The number of rotatable bonds is 9. The first kappa shape index (κ1) is 27.1. The molecule has 0 aliphatic carbocycles. The number of benzene rings is 3. The molecule has 0 fully saturated rings. The van der Waals surface area contributed by atoms with Crippen molar-refractivity contribution >= 4 is 21.6 Å². The Balaban J connectivity index is 1.65. The lowest BCUT2D eigenvalue weighted by Crippen LogP contribution is -2.45. The maximum atomic E-state index is 13.8. The number of methoxy groups -OCH3 is 3. The van der Waals surface area contributed by atoms with Crippen molar-refractivity contribution in [1.82, 2.24) is 5.32 Å². The van der Waals surface area contributed by atoms with Gasteiger partial charge in [-0.3, -0.25) is 9.10 Å². The van der Waals surface area contributed by atoms with E-state index >= 15 is 0 Å². The van der Waals surface area contributed by atoms with Crippen LogP contribution >= 0.6 is 0 Å². The summed E-state index contributed by atoms with van der Waals surface area (Å²) in [5.74, 6) is 1.46. The third-order valence-electron chi connectivity index (χ3n) is 6.29. The molecule has 4 rings (SSSR count). The quantitative estimate of drug-likeness (QED) is 0.431. The van der Waals surface area contributed by atoms with Crippen molar-refractivity contribution in [3.8, 4) is 23.0 Å². The molecule has 3 aromatic rings. The van der Waals surface area contributed by atoms with Gasteiger partial charge in [0.25, 0.3) is 10.0 Å². The van der Waals surface area contributed by atoms with Gasteiger partial charge in [0.1, 0.15) is 23.6 Å². The summed E-state index contributed by atoms with van der Waals surface area (Å²) in [6.07, 6.45) is 0.506. The first-order valence-electron chi connectivity index (χ1n) is 12.0. The molecule has 38 heavy (non-hydrogen) atoms. The zero-order chi connectivity index (χ0) is 27.5. The van der Waals surface area contributed by atoms with Crippen LogP contribution in [0.4, 0.5) is 5.69 Å². The average molecular weight is 541 g/mol. The van der Waals surface area contributed by atoms with E-state index in [1.54, 1.807) is 49.6 Å². The molecule has 0 saturated heterocycles. The molecule has 202 valence electrons. The fourth-order valence-corrected chi connectivity index (χ4v) is 5.91. The Hall–Kier alpha value is -3.92. The van der Waals surface area contributed by atoms with Crippen LogP contribution in [0.5, 0.6) is 23.0 Å². The van der Waals surface area contributed by atoms with Crippen LogP contribution in [0.1, 0.15) is 31.9 Å². The maximum absolute atomic E-state index is 13.8. The minimum atomic E-state index is -4.14. The molecule has 9 nitrogen and oxygen atoms in total. The van der Waals surface area contributed by atoms with Crippen molar-refractivity contribution < 1.29 is 32.2 Å².